The van der Waals surface area contributed by atoms with Crippen LogP contribution in [0.2, 0.25) is 0 Å². The van der Waals surface area contributed by atoms with Gasteiger partial charge in [0.05, 0.1) is 11.8 Å². The molecule has 0 aliphatic carbocycles. The zero-order valence-electron chi connectivity index (χ0n) is 7.68. The van der Waals surface area contributed by atoms with Gasteiger partial charge in [-0.05, 0) is 29.9 Å². The van der Waals surface area contributed by atoms with Gasteiger partial charge in [0.15, 0.2) is 5.11 Å². The molecule has 78 valence electrons. The molecule has 0 amide bonds. The van der Waals surface area contributed by atoms with Crippen LogP contribution in [0.4, 0.5) is 0 Å². The van der Waals surface area contributed by atoms with E-state index in [1.165, 1.54) is 18.3 Å². The Kier molecular flexibility index (Phi) is 3.75. The molecule has 4 N–H and O–H groups in total. The van der Waals surface area contributed by atoms with Gasteiger partial charge < -0.3 is 10.8 Å². The van der Waals surface area contributed by atoms with Crippen LogP contribution in [0, 0.1) is 0 Å². The molecule has 0 radical (unpaired) electrons. The molecule has 1 aromatic rings. The van der Waals surface area contributed by atoms with Crippen LogP contribution in [0.25, 0.3) is 0 Å². The molecule has 0 fully saturated rings. The summed E-state index contributed by atoms with van der Waals surface area (Å²) in [4.78, 5) is 10.5. The number of rotatable bonds is 3. The lowest BCUT2D eigenvalue weighted by Crippen LogP contribution is -2.23. The highest BCUT2D eigenvalue weighted by molar-refractivity contribution is 7.80. The largest absolute Gasteiger partial charge is 0.478 e. The molecule has 0 aliphatic rings. The Morgan fingerprint density at radius 1 is 1.47 bits per heavy atom. The van der Waals surface area contributed by atoms with Crippen molar-refractivity contribution in [3.05, 3.63) is 35.4 Å². The van der Waals surface area contributed by atoms with E-state index in [0.29, 0.717) is 0 Å². The first-order valence-corrected chi connectivity index (χ1v) is 4.42. The van der Waals surface area contributed by atoms with Gasteiger partial charge in [0.1, 0.15) is 0 Å². The van der Waals surface area contributed by atoms with Crippen molar-refractivity contribution in [1.82, 2.24) is 5.43 Å². The number of carbonyl (C=O) groups is 1. The molecule has 15 heavy (non-hydrogen) atoms. The summed E-state index contributed by atoms with van der Waals surface area (Å²) >= 11 is 4.54. The van der Waals surface area contributed by atoms with Crippen molar-refractivity contribution in [2.24, 2.45) is 10.8 Å². The van der Waals surface area contributed by atoms with Crippen LogP contribution in [-0.2, 0) is 0 Å². The van der Waals surface area contributed by atoms with Crippen molar-refractivity contribution in [3.63, 3.8) is 0 Å². The Morgan fingerprint density at radius 3 is 2.53 bits per heavy atom. The summed E-state index contributed by atoms with van der Waals surface area (Å²) in [7, 11) is 0. The number of benzene rings is 1. The average Bonchev–Trinajstić information content (AvgIpc) is 2.18. The van der Waals surface area contributed by atoms with Crippen LogP contribution in [0.1, 0.15) is 15.9 Å². The molecule has 0 aliphatic heterocycles. The lowest BCUT2D eigenvalue weighted by Gasteiger charge is -1.96. The summed E-state index contributed by atoms with van der Waals surface area (Å²) < 4.78 is 0. The minimum atomic E-state index is -0.959. The van der Waals surface area contributed by atoms with E-state index in [4.69, 9.17) is 10.8 Å². The first-order valence-electron chi connectivity index (χ1n) is 4.01. The van der Waals surface area contributed by atoms with Crippen LogP contribution in [0.15, 0.2) is 29.4 Å². The molecule has 1 rings (SSSR count). The number of carboxylic acid groups (broad SMARTS) is 1. The fourth-order valence-corrected chi connectivity index (χ4v) is 0.935. The number of hydrogen-bond acceptors (Lipinski definition) is 3. The maximum Gasteiger partial charge on any atom is 0.335 e. The van der Waals surface area contributed by atoms with Gasteiger partial charge in [0, 0.05) is 0 Å². The van der Waals surface area contributed by atoms with Gasteiger partial charge in [-0.15, -0.1) is 0 Å². The van der Waals surface area contributed by atoms with E-state index in [1.807, 2.05) is 0 Å². The van der Waals surface area contributed by atoms with Gasteiger partial charge in [-0.1, -0.05) is 12.1 Å². The summed E-state index contributed by atoms with van der Waals surface area (Å²) in [5.74, 6) is -0.959. The molecule has 0 unspecified atom stereocenters. The minimum Gasteiger partial charge on any atom is -0.478 e. The Bertz CT molecular complexity index is 400. The normalized spacial score (nSPS) is 10.1. The van der Waals surface area contributed by atoms with Crippen molar-refractivity contribution >= 4 is 29.5 Å². The number of aromatic carboxylic acids is 1. The van der Waals surface area contributed by atoms with E-state index in [2.05, 4.69) is 22.7 Å². The topological polar surface area (TPSA) is 87.7 Å². The molecule has 6 heteroatoms. The molecule has 0 saturated carbocycles. The molecule has 0 bridgehead atoms. The summed E-state index contributed by atoms with van der Waals surface area (Å²) in [6, 6.07) is 6.25. The second kappa shape index (κ2) is 5.06. The zero-order valence-corrected chi connectivity index (χ0v) is 8.49. The van der Waals surface area contributed by atoms with Crippen molar-refractivity contribution in [1.29, 1.82) is 0 Å². The van der Waals surface area contributed by atoms with Crippen molar-refractivity contribution in [3.8, 4) is 0 Å². The third kappa shape index (κ3) is 3.74. The maximum atomic E-state index is 10.5. The highest BCUT2D eigenvalue weighted by Gasteiger charge is 1.99. The van der Waals surface area contributed by atoms with E-state index in [1.54, 1.807) is 12.1 Å². The maximum absolute atomic E-state index is 10.5. The average molecular weight is 223 g/mol. The van der Waals surface area contributed by atoms with Gasteiger partial charge in [-0.2, -0.15) is 5.10 Å². The number of hydrogen-bond donors (Lipinski definition) is 3. The van der Waals surface area contributed by atoms with E-state index in [9.17, 15) is 4.79 Å². The molecule has 0 spiro atoms. The molecule has 0 saturated heterocycles. The molecule has 5 nitrogen and oxygen atoms in total. The van der Waals surface area contributed by atoms with Gasteiger partial charge >= 0.3 is 5.97 Å². The van der Waals surface area contributed by atoms with Gasteiger partial charge in [-0.25, -0.2) is 4.79 Å². The Morgan fingerprint density at radius 2 is 2.07 bits per heavy atom. The number of nitrogens with zero attached hydrogens (tertiary/aromatic N) is 1. The molecular formula is C9H9N3O2S. The fraction of sp³-hybridized carbons (Fsp3) is 0. The third-order valence-electron chi connectivity index (χ3n) is 1.55. The Labute approximate surface area is 91.6 Å². The van der Waals surface area contributed by atoms with Crippen molar-refractivity contribution in [2.45, 2.75) is 0 Å². The lowest BCUT2D eigenvalue weighted by molar-refractivity contribution is 0.0697. The standard InChI is InChI=1S/C9H9N3O2S/c10-9(15)12-11-5-6-1-3-7(4-2-6)8(13)14/h1-5H,(H,13,14)(H3,10,12,15)/b11-5-. The van der Waals surface area contributed by atoms with Crippen molar-refractivity contribution in [2.75, 3.05) is 0 Å². The highest BCUT2D eigenvalue weighted by atomic mass is 32.1. The predicted molar refractivity (Wildman–Crippen MR) is 60.9 cm³/mol. The second-order valence-electron chi connectivity index (χ2n) is 2.66. The van der Waals surface area contributed by atoms with Crippen LogP contribution in [0.5, 0.6) is 0 Å². The molecule has 0 atom stereocenters. The van der Waals surface area contributed by atoms with Crippen LogP contribution >= 0.6 is 12.2 Å². The number of hydrazone groups is 1. The van der Waals surface area contributed by atoms with Crippen molar-refractivity contribution < 1.29 is 9.90 Å². The summed E-state index contributed by atoms with van der Waals surface area (Å²) in [6.07, 6.45) is 1.49. The molecule has 0 heterocycles. The van der Waals surface area contributed by atoms with Crippen LogP contribution < -0.4 is 11.2 Å². The van der Waals surface area contributed by atoms with Crippen LogP contribution in [0.3, 0.4) is 0 Å². The highest BCUT2D eigenvalue weighted by Crippen LogP contribution is 2.01. The number of nitrogens with one attached hydrogen (secondary N) is 1. The number of carboxylic acids is 1. The van der Waals surface area contributed by atoms with E-state index in [0.717, 1.165) is 5.56 Å². The van der Waals surface area contributed by atoms with Crippen LogP contribution in [-0.4, -0.2) is 22.4 Å². The van der Waals surface area contributed by atoms with Gasteiger partial charge in [0.2, 0.25) is 0 Å². The summed E-state index contributed by atoms with van der Waals surface area (Å²) in [5, 5.41) is 12.4. The monoisotopic (exact) mass is 223 g/mol. The smallest absolute Gasteiger partial charge is 0.335 e. The summed E-state index contributed by atoms with van der Waals surface area (Å²) in [6.45, 7) is 0. The minimum absolute atomic E-state index is 0.0772. The van der Waals surface area contributed by atoms with E-state index in [-0.39, 0.29) is 10.7 Å². The Hall–Kier alpha value is -1.95. The number of nitrogens with two attached hydrogens (primary N) is 1. The first kappa shape index (κ1) is 11.1. The van der Waals surface area contributed by atoms with E-state index >= 15 is 0 Å². The SMILES string of the molecule is NC(=S)N/N=C\c1ccc(C(=O)O)cc1. The Balaban J connectivity index is 2.68. The third-order valence-corrected chi connectivity index (χ3v) is 1.64. The van der Waals surface area contributed by atoms with E-state index < -0.39 is 5.97 Å². The quantitative estimate of drug-likeness (QED) is 0.396. The zero-order chi connectivity index (χ0) is 11.3. The molecular weight excluding hydrogens is 214 g/mol. The fourth-order valence-electron chi connectivity index (χ4n) is 0.882. The predicted octanol–water partition coefficient (Wildman–Crippen LogP) is 0.552. The second-order valence-corrected chi connectivity index (χ2v) is 3.10. The molecule has 0 aromatic heterocycles. The molecule has 1 aromatic carbocycles. The van der Waals surface area contributed by atoms with Gasteiger partial charge in [0.25, 0.3) is 0 Å². The van der Waals surface area contributed by atoms with Gasteiger partial charge in [-0.3, -0.25) is 5.43 Å². The summed E-state index contributed by atoms with van der Waals surface area (Å²) in [5.41, 5.74) is 8.53. The first-order chi connectivity index (χ1) is 7.09. The number of thiocarbonyl (C=S) groups is 1. The lowest BCUT2D eigenvalue weighted by atomic mass is 10.1.